The van der Waals surface area contributed by atoms with Crippen molar-refractivity contribution in [3.63, 3.8) is 0 Å². The molecule has 1 aromatic carbocycles. The zero-order chi connectivity index (χ0) is 22.0. The van der Waals surface area contributed by atoms with E-state index in [0.717, 1.165) is 54.5 Å². The number of rotatable bonds is 6. The average Bonchev–Trinajstić information content (AvgIpc) is 3.40. The number of carbonyl (C=O) groups is 1. The number of carbonyl (C=O) groups excluding carboxylic acids is 1. The number of aromatic nitrogens is 1. The Bertz CT molecular complexity index is 971. The van der Waals surface area contributed by atoms with Crippen LogP contribution in [-0.2, 0) is 6.42 Å². The Labute approximate surface area is 196 Å². The summed E-state index contributed by atoms with van der Waals surface area (Å²) < 4.78 is 6.59. The minimum atomic E-state index is -0.0738. The van der Waals surface area contributed by atoms with E-state index in [9.17, 15) is 4.79 Å². The maximum atomic E-state index is 12.0. The summed E-state index contributed by atoms with van der Waals surface area (Å²) in [6, 6.07) is 8.37. The van der Waals surface area contributed by atoms with Crippen LogP contribution in [0.1, 0.15) is 43.4 Å². The number of hydrogen-bond donors (Lipinski definition) is 2. The van der Waals surface area contributed by atoms with E-state index in [1.54, 1.807) is 7.11 Å². The first-order valence-corrected chi connectivity index (χ1v) is 12.0. The standard InChI is InChI=1S/C23H28BrClN4O2/c1-3-10-26-23(30)27-15-9-11-29(13-15)19-8-7-14-12-18(28-22(31-2)20(14)19)16-5-4-6-17(24)21(16)25/h4-6,12,15,19H,3,7-11,13H2,1-2H3,(H2,26,27,30). The van der Waals surface area contributed by atoms with Crippen LogP contribution in [0.5, 0.6) is 5.88 Å². The molecule has 2 aromatic rings. The Balaban J connectivity index is 1.54. The molecule has 4 rings (SSSR count). The Morgan fingerprint density at radius 1 is 1.39 bits per heavy atom. The van der Waals surface area contributed by atoms with Gasteiger partial charge in [-0.25, -0.2) is 9.78 Å². The molecule has 2 heterocycles. The normalized spacial score (nSPS) is 20.5. The SMILES string of the molecule is CCCNC(=O)NC1CCN(C2CCc3cc(-c4cccc(Br)c4Cl)nc(OC)c32)C1. The summed E-state index contributed by atoms with van der Waals surface area (Å²) in [6.45, 7) is 4.54. The number of urea groups is 1. The third-order valence-corrected chi connectivity index (χ3v) is 7.38. The van der Waals surface area contributed by atoms with Gasteiger partial charge < -0.3 is 15.4 Å². The Hall–Kier alpha value is -1.83. The molecule has 1 aromatic heterocycles. The Morgan fingerprint density at radius 2 is 2.23 bits per heavy atom. The molecule has 1 saturated heterocycles. The number of pyridine rings is 1. The largest absolute Gasteiger partial charge is 0.481 e. The van der Waals surface area contributed by atoms with Crippen molar-refractivity contribution in [3.8, 4) is 17.1 Å². The van der Waals surface area contributed by atoms with Crippen LogP contribution >= 0.6 is 27.5 Å². The molecule has 8 heteroatoms. The van der Waals surface area contributed by atoms with E-state index >= 15 is 0 Å². The fraction of sp³-hybridized carbons (Fsp3) is 0.478. The first-order chi connectivity index (χ1) is 15.0. The van der Waals surface area contributed by atoms with Gasteiger partial charge in [-0.3, -0.25) is 4.90 Å². The summed E-state index contributed by atoms with van der Waals surface area (Å²) in [7, 11) is 1.68. The Morgan fingerprint density at radius 3 is 3.00 bits per heavy atom. The van der Waals surface area contributed by atoms with Gasteiger partial charge in [-0.05, 0) is 59.3 Å². The van der Waals surface area contributed by atoms with Crippen LogP contribution in [-0.4, -0.2) is 48.7 Å². The molecule has 31 heavy (non-hydrogen) atoms. The lowest BCUT2D eigenvalue weighted by Gasteiger charge is -2.26. The van der Waals surface area contributed by atoms with E-state index < -0.39 is 0 Å². The highest BCUT2D eigenvalue weighted by atomic mass is 79.9. The van der Waals surface area contributed by atoms with Gasteiger partial charge in [0.25, 0.3) is 0 Å². The molecule has 2 atom stereocenters. The van der Waals surface area contributed by atoms with Crippen molar-refractivity contribution < 1.29 is 9.53 Å². The van der Waals surface area contributed by atoms with Crippen molar-refractivity contribution in [2.45, 2.75) is 44.7 Å². The molecule has 6 nitrogen and oxygen atoms in total. The van der Waals surface area contributed by atoms with E-state index in [-0.39, 0.29) is 18.1 Å². The topological polar surface area (TPSA) is 66.5 Å². The number of nitrogens with zero attached hydrogens (tertiary/aromatic N) is 2. The van der Waals surface area contributed by atoms with Crippen LogP contribution in [0.4, 0.5) is 4.79 Å². The van der Waals surface area contributed by atoms with Crippen molar-refractivity contribution >= 4 is 33.6 Å². The summed E-state index contributed by atoms with van der Waals surface area (Å²) in [5.41, 5.74) is 4.16. The number of benzene rings is 1. The van der Waals surface area contributed by atoms with Gasteiger partial charge in [-0.15, -0.1) is 0 Å². The zero-order valence-corrected chi connectivity index (χ0v) is 20.2. The van der Waals surface area contributed by atoms with E-state index in [0.29, 0.717) is 17.4 Å². The van der Waals surface area contributed by atoms with Gasteiger partial charge in [0.2, 0.25) is 5.88 Å². The molecule has 0 spiro atoms. The van der Waals surface area contributed by atoms with Gasteiger partial charge in [0.05, 0.1) is 17.8 Å². The van der Waals surface area contributed by atoms with Gasteiger partial charge in [-0.2, -0.15) is 0 Å². The molecular formula is C23H28BrClN4O2. The lowest BCUT2D eigenvalue weighted by Crippen LogP contribution is -2.43. The number of hydrogen-bond acceptors (Lipinski definition) is 4. The molecule has 2 amide bonds. The maximum Gasteiger partial charge on any atom is 0.315 e. The van der Waals surface area contributed by atoms with Gasteiger partial charge in [0.15, 0.2) is 0 Å². The molecule has 1 fully saturated rings. The second-order valence-electron chi connectivity index (χ2n) is 8.13. The molecule has 1 aliphatic carbocycles. The molecule has 0 radical (unpaired) electrons. The lowest BCUT2D eigenvalue weighted by atomic mass is 10.0. The fourth-order valence-corrected chi connectivity index (χ4v) is 5.19. The second kappa shape index (κ2) is 9.76. The van der Waals surface area contributed by atoms with Crippen LogP contribution < -0.4 is 15.4 Å². The number of ether oxygens (including phenoxy) is 1. The van der Waals surface area contributed by atoms with Crippen molar-refractivity contribution in [1.29, 1.82) is 0 Å². The smallest absolute Gasteiger partial charge is 0.315 e. The highest BCUT2D eigenvalue weighted by Crippen LogP contribution is 2.44. The molecule has 0 bridgehead atoms. The molecule has 166 valence electrons. The van der Waals surface area contributed by atoms with Crippen LogP contribution in [0.2, 0.25) is 5.02 Å². The summed E-state index contributed by atoms with van der Waals surface area (Å²) >= 11 is 10.0. The first kappa shape index (κ1) is 22.4. The van der Waals surface area contributed by atoms with Crippen LogP contribution in [0, 0.1) is 0 Å². The van der Waals surface area contributed by atoms with Gasteiger partial charge in [-0.1, -0.05) is 30.7 Å². The molecule has 2 N–H and O–H groups in total. The predicted octanol–water partition coefficient (Wildman–Crippen LogP) is 4.94. The van der Waals surface area contributed by atoms with Crippen LogP contribution in [0.3, 0.4) is 0 Å². The fourth-order valence-electron chi connectivity index (χ4n) is 4.61. The zero-order valence-electron chi connectivity index (χ0n) is 17.9. The average molecular weight is 508 g/mol. The van der Waals surface area contributed by atoms with E-state index in [1.165, 1.54) is 11.1 Å². The number of nitrogens with one attached hydrogen (secondary N) is 2. The summed E-state index contributed by atoms with van der Waals surface area (Å²) in [6.07, 6.45) is 3.89. The van der Waals surface area contributed by atoms with Crippen LogP contribution in [0.15, 0.2) is 28.7 Å². The molecular weight excluding hydrogens is 480 g/mol. The van der Waals surface area contributed by atoms with Crippen LogP contribution in [0.25, 0.3) is 11.3 Å². The van der Waals surface area contributed by atoms with Crippen molar-refractivity contribution in [3.05, 3.63) is 44.9 Å². The summed E-state index contributed by atoms with van der Waals surface area (Å²) in [5, 5.41) is 6.65. The van der Waals surface area contributed by atoms with Crippen molar-refractivity contribution in [2.75, 3.05) is 26.7 Å². The first-order valence-electron chi connectivity index (χ1n) is 10.8. The van der Waals surface area contributed by atoms with Gasteiger partial charge in [0, 0.05) is 47.3 Å². The predicted molar refractivity (Wildman–Crippen MR) is 127 cm³/mol. The lowest BCUT2D eigenvalue weighted by molar-refractivity contribution is 0.224. The van der Waals surface area contributed by atoms with Gasteiger partial charge >= 0.3 is 6.03 Å². The van der Waals surface area contributed by atoms with Crippen molar-refractivity contribution in [1.82, 2.24) is 20.5 Å². The quantitative estimate of drug-likeness (QED) is 0.581. The van der Waals surface area contributed by atoms with Gasteiger partial charge in [0.1, 0.15) is 0 Å². The third kappa shape index (κ3) is 4.69. The Kier molecular flexibility index (Phi) is 7.04. The maximum absolute atomic E-state index is 12.0. The van der Waals surface area contributed by atoms with E-state index in [1.807, 2.05) is 25.1 Å². The molecule has 1 aliphatic heterocycles. The summed E-state index contributed by atoms with van der Waals surface area (Å²) in [5.74, 6) is 0.670. The third-order valence-electron chi connectivity index (χ3n) is 6.08. The molecule has 0 saturated carbocycles. The number of aryl methyl sites for hydroxylation is 1. The highest BCUT2D eigenvalue weighted by Gasteiger charge is 2.36. The summed E-state index contributed by atoms with van der Waals surface area (Å²) in [4.78, 5) is 19.3. The van der Waals surface area contributed by atoms with E-state index in [2.05, 4.69) is 37.5 Å². The minimum Gasteiger partial charge on any atom is -0.481 e. The highest BCUT2D eigenvalue weighted by molar-refractivity contribution is 9.10. The monoisotopic (exact) mass is 506 g/mol. The minimum absolute atomic E-state index is 0.0738. The number of fused-ring (bicyclic) bond motifs is 1. The molecule has 2 unspecified atom stereocenters. The number of amides is 2. The molecule has 2 aliphatic rings. The number of likely N-dealkylation sites (tertiary alicyclic amines) is 1. The second-order valence-corrected chi connectivity index (χ2v) is 9.36. The number of halogens is 2. The van der Waals surface area contributed by atoms with E-state index in [4.69, 9.17) is 21.3 Å². The van der Waals surface area contributed by atoms with Crippen molar-refractivity contribution in [2.24, 2.45) is 0 Å². The number of methoxy groups -OCH3 is 1.